The maximum absolute atomic E-state index is 6.32. The van der Waals surface area contributed by atoms with Gasteiger partial charge in [-0.05, 0) is 45.2 Å². The first-order valence-corrected chi connectivity index (χ1v) is 8.94. The molecule has 24 heavy (non-hydrogen) atoms. The third kappa shape index (κ3) is 4.29. The molecule has 0 saturated carbocycles. The zero-order chi connectivity index (χ0) is 17.6. The third-order valence-corrected chi connectivity index (χ3v) is 5.56. The summed E-state index contributed by atoms with van der Waals surface area (Å²) in [6.07, 6.45) is 10.6. The van der Waals surface area contributed by atoms with Crippen LogP contribution in [-0.2, 0) is 14.2 Å². The van der Waals surface area contributed by atoms with E-state index in [1.165, 1.54) is 5.57 Å². The van der Waals surface area contributed by atoms with E-state index in [0.29, 0.717) is 25.2 Å². The van der Waals surface area contributed by atoms with E-state index in [2.05, 4.69) is 44.3 Å². The van der Waals surface area contributed by atoms with Crippen molar-refractivity contribution in [2.45, 2.75) is 45.8 Å². The highest BCUT2D eigenvalue weighted by molar-refractivity contribution is 5.18. The summed E-state index contributed by atoms with van der Waals surface area (Å²) in [6, 6.07) is 0.513. The Morgan fingerprint density at radius 1 is 1.38 bits per heavy atom. The second-order valence-electron chi connectivity index (χ2n) is 7.17. The molecule has 4 nitrogen and oxygen atoms in total. The Labute approximate surface area is 146 Å². The molecule has 4 heteroatoms. The molecule has 0 aromatic rings. The van der Waals surface area contributed by atoms with Gasteiger partial charge in [0.15, 0.2) is 0 Å². The largest absolute Gasteiger partial charge is 0.499 e. The van der Waals surface area contributed by atoms with Gasteiger partial charge in [-0.3, -0.25) is 0 Å². The molecule has 1 aliphatic carbocycles. The highest BCUT2D eigenvalue weighted by Crippen LogP contribution is 2.48. The lowest BCUT2D eigenvalue weighted by Gasteiger charge is -2.51. The number of rotatable bonds is 7. The highest BCUT2D eigenvalue weighted by Gasteiger charge is 2.50. The standard InChI is InChI=1S/C20H33NO3/c1-15(7-6-13-22-4)10-14-24-19-18(23-5)9-8-17-16(2)21-12-11-20(17,19)3/h6-7,9-10,16-17,19,21H,8,11-14H2,1-5H3/b7-6-,15-10-. The summed E-state index contributed by atoms with van der Waals surface area (Å²) in [5, 5.41) is 3.60. The Balaban J connectivity index is 2.06. The van der Waals surface area contributed by atoms with E-state index in [-0.39, 0.29) is 11.5 Å². The second-order valence-corrected chi connectivity index (χ2v) is 7.17. The van der Waals surface area contributed by atoms with Crippen molar-refractivity contribution >= 4 is 0 Å². The molecular formula is C20H33NO3. The first-order valence-electron chi connectivity index (χ1n) is 8.94. The summed E-state index contributed by atoms with van der Waals surface area (Å²) in [7, 11) is 3.45. The number of hydrogen-bond acceptors (Lipinski definition) is 4. The Bertz CT molecular complexity index is 497. The van der Waals surface area contributed by atoms with Crippen LogP contribution in [0.2, 0.25) is 0 Å². The molecular weight excluding hydrogens is 302 g/mol. The molecule has 1 N–H and O–H groups in total. The normalized spacial score (nSPS) is 34.1. The predicted octanol–water partition coefficient (Wildman–Crippen LogP) is 3.46. The highest BCUT2D eigenvalue weighted by atomic mass is 16.5. The van der Waals surface area contributed by atoms with Gasteiger partial charge in [0, 0.05) is 18.6 Å². The minimum atomic E-state index is 0.0257. The first kappa shape index (κ1) is 19.2. The fraction of sp³-hybridized carbons (Fsp3) is 0.700. The van der Waals surface area contributed by atoms with Crippen molar-refractivity contribution in [1.29, 1.82) is 0 Å². The number of hydrogen-bond donors (Lipinski definition) is 1. The van der Waals surface area contributed by atoms with E-state index in [9.17, 15) is 0 Å². The van der Waals surface area contributed by atoms with Gasteiger partial charge in [-0.1, -0.05) is 30.7 Å². The van der Waals surface area contributed by atoms with Crippen molar-refractivity contribution in [3.63, 3.8) is 0 Å². The second kappa shape index (κ2) is 8.84. The predicted molar refractivity (Wildman–Crippen MR) is 97.9 cm³/mol. The van der Waals surface area contributed by atoms with Crippen molar-refractivity contribution in [3.05, 3.63) is 35.6 Å². The van der Waals surface area contributed by atoms with Gasteiger partial charge in [-0.25, -0.2) is 0 Å². The zero-order valence-corrected chi connectivity index (χ0v) is 15.8. The van der Waals surface area contributed by atoms with Crippen LogP contribution in [0.3, 0.4) is 0 Å². The molecule has 1 fully saturated rings. The van der Waals surface area contributed by atoms with E-state index < -0.39 is 0 Å². The Hall–Kier alpha value is -1.10. The molecule has 1 saturated heterocycles. The fourth-order valence-corrected chi connectivity index (χ4v) is 4.08. The van der Waals surface area contributed by atoms with E-state index >= 15 is 0 Å². The molecule has 0 amide bonds. The topological polar surface area (TPSA) is 39.7 Å². The van der Waals surface area contributed by atoms with Gasteiger partial charge in [-0.2, -0.15) is 0 Å². The van der Waals surface area contributed by atoms with Crippen LogP contribution in [0, 0.1) is 11.3 Å². The average molecular weight is 335 g/mol. The van der Waals surface area contributed by atoms with Gasteiger partial charge in [0.2, 0.25) is 0 Å². The Morgan fingerprint density at radius 3 is 2.88 bits per heavy atom. The summed E-state index contributed by atoms with van der Waals surface area (Å²) in [5.74, 6) is 1.57. The lowest BCUT2D eigenvalue weighted by molar-refractivity contribution is -0.0861. The third-order valence-electron chi connectivity index (χ3n) is 5.56. The summed E-state index contributed by atoms with van der Waals surface area (Å²) < 4.78 is 17.0. The molecule has 4 atom stereocenters. The molecule has 2 aliphatic rings. The van der Waals surface area contributed by atoms with E-state index in [1.807, 2.05) is 6.08 Å². The summed E-state index contributed by atoms with van der Waals surface area (Å²) in [6.45, 7) is 9.00. The molecule has 0 aromatic heterocycles. The number of ether oxygens (including phenoxy) is 3. The summed E-state index contributed by atoms with van der Waals surface area (Å²) >= 11 is 0. The number of allylic oxidation sites excluding steroid dienone is 3. The monoisotopic (exact) mass is 335 g/mol. The lowest BCUT2D eigenvalue weighted by atomic mass is 9.61. The van der Waals surface area contributed by atoms with Gasteiger partial charge in [0.05, 0.1) is 20.3 Å². The van der Waals surface area contributed by atoms with Gasteiger partial charge >= 0.3 is 0 Å². The van der Waals surface area contributed by atoms with Crippen molar-refractivity contribution in [3.8, 4) is 0 Å². The number of nitrogens with one attached hydrogen (secondary N) is 1. The first-order chi connectivity index (χ1) is 11.5. The smallest absolute Gasteiger partial charge is 0.121 e. The quantitative estimate of drug-likeness (QED) is 0.723. The average Bonchev–Trinajstić information content (AvgIpc) is 2.55. The summed E-state index contributed by atoms with van der Waals surface area (Å²) in [4.78, 5) is 0. The minimum Gasteiger partial charge on any atom is -0.499 e. The zero-order valence-electron chi connectivity index (χ0n) is 15.8. The van der Waals surface area contributed by atoms with Crippen LogP contribution in [0.1, 0.15) is 33.6 Å². The lowest BCUT2D eigenvalue weighted by Crippen LogP contribution is -2.57. The van der Waals surface area contributed by atoms with E-state index in [1.54, 1.807) is 14.2 Å². The molecule has 2 rings (SSSR count). The fourth-order valence-electron chi connectivity index (χ4n) is 4.08. The van der Waals surface area contributed by atoms with Crippen LogP contribution in [0.5, 0.6) is 0 Å². The molecule has 0 spiro atoms. The van der Waals surface area contributed by atoms with Crippen LogP contribution >= 0.6 is 0 Å². The van der Waals surface area contributed by atoms with Gasteiger partial charge in [0.1, 0.15) is 11.9 Å². The van der Waals surface area contributed by atoms with Crippen molar-refractivity contribution < 1.29 is 14.2 Å². The van der Waals surface area contributed by atoms with Gasteiger partial charge in [0.25, 0.3) is 0 Å². The molecule has 136 valence electrons. The van der Waals surface area contributed by atoms with Crippen LogP contribution < -0.4 is 5.32 Å². The number of methoxy groups -OCH3 is 2. The van der Waals surface area contributed by atoms with Crippen LogP contribution in [-0.4, -0.2) is 46.1 Å². The molecule has 0 radical (unpaired) electrons. The van der Waals surface area contributed by atoms with Crippen LogP contribution in [0.25, 0.3) is 0 Å². The SMILES string of the molecule is COC/C=C\C(C)=C/COC1C(OC)=CCC2C(C)NCCC12C. The summed E-state index contributed by atoms with van der Waals surface area (Å²) in [5.41, 5.74) is 1.31. The Kier molecular flexibility index (Phi) is 7.08. The maximum Gasteiger partial charge on any atom is 0.121 e. The van der Waals surface area contributed by atoms with Crippen molar-refractivity contribution in [2.24, 2.45) is 11.3 Å². The van der Waals surface area contributed by atoms with E-state index in [0.717, 1.165) is 25.1 Å². The maximum atomic E-state index is 6.32. The van der Waals surface area contributed by atoms with Gasteiger partial charge in [-0.15, -0.1) is 0 Å². The number of piperidine rings is 1. The van der Waals surface area contributed by atoms with E-state index in [4.69, 9.17) is 14.2 Å². The molecule has 0 aromatic carbocycles. The Morgan fingerprint density at radius 2 is 2.17 bits per heavy atom. The molecule has 1 aliphatic heterocycles. The van der Waals surface area contributed by atoms with Crippen molar-refractivity contribution in [1.82, 2.24) is 5.32 Å². The van der Waals surface area contributed by atoms with Crippen molar-refractivity contribution in [2.75, 3.05) is 34.0 Å². The van der Waals surface area contributed by atoms with Crippen LogP contribution in [0.4, 0.5) is 0 Å². The van der Waals surface area contributed by atoms with Crippen LogP contribution in [0.15, 0.2) is 35.6 Å². The number of fused-ring (bicyclic) bond motifs is 1. The molecule has 0 bridgehead atoms. The minimum absolute atomic E-state index is 0.0257. The molecule has 4 unspecified atom stereocenters. The molecule has 1 heterocycles. The van der Waals surface area contributed by atoms with Gasteiger partial charge < -0.3 is 19.5 Å².